The standard InChI is InChI=1S/C10H20N2O5S/c1-5-6-12(7-8(13)14)9(15)10(2,3)11-18(4,16)17/h11H,5-7H2,1-4H3,(H,13,14). The molecule has 0 aromatic heterocycles. The lowest BCUT2D eigenvalue weighted by Gasteiger charge is -2.30. The van der Waals surface area contributed by atoms with Crippen molar-refractivity contribution in [1.29, 1.82) is 0 Å². The van der Waals surface area contributed by atoms with Gasteiger partial charge in [-0.05, 0) is 20.3 Å². The Hall–Kier alpha value is -1.15. The van der Waals surface area contributed by atoms with Gasteiger partial charge in [-0.1, -0.05) is 6.92 Å². The summed E-state index contributed by atoms with van der Waals surface area (Å²) in [5, 5.41) is 8.73. The second kappa shape index (κ2) is 6.14. The molecule has 18 heavy (non-hydrogen) atoms. The number of carboxylic acids is 1. The Kier molecular flexibility index (Phi) is 5.75. The summed E-state index contributed by atoms with van der Waals surface area (Å²) >= 11 is 0. The maximum atomic E-state index is 12.1. The minimum atomic E-state index is -3.55. The summed E-state index contributed by atoms with van der Waals surface area (Å²) in [7, 11) is -3.55. The fourth-order valence-electron chi connectivity index (χ4n) is 1.59. The van der Waals surface area contributed by atoms with Crippen molar-refractivity contribution in [2.24, 2.45) is 0 Å². The molecule has 0 atom stereocenters. The number of aliphatic carboxylic acids is 1. The molecule has 0 spiro atoms. The summed E-state index contributed by atoms with van der Waals surface area (Å²) in [5.41, 5.74) is -1.36. The van der Waals surface area contributed by atoms with E-state index < -0.39 is 34.0 Å². The van der Waals surface area contributed by atoms with E-state index in [1.807, 2.05) is 0 Å². The average Bonchev–Trinajstić information content (AvgIpc) is 2.11. The van der Waals surface area contributed by atoms with Gasteiger partial charge >= 0.3 is 5.97 Å². The minimum Gasteiger partial charge on any atom is -0.480 e. The number of amides is 1. The van der Waals surface area contributed by atoms with Crippen molar-refractivity contribution in [3.05, 3.63) is 0 Å². The Balaban J connectivity index is 4.99. The minimum absolute atomic E-state index is 0.264. The van der Waals surface area contributed by atoms with Gasteiger partial charge in [-0.2, -0.15) is 0 Å². The molecular formula is C10H20N2O5S. The molecule has 0 saturated heterocycles. The van der Waals surface area contributed by atoms with Gasteiger partial charge in [0.1, 0.15) is 12.1 Å². The Morgan fingerprint density at radius 2 is 1.83 bits per heavy atom. The van der Waals surface area contributed by atoms with Gasteiger partial charge < -0.3 is 10.0 Å². The maximum absolute atomic E-state index is 12.1. The molecular weight excluding hydrogens is 260 g/mol. The van der Waals surface area contributed by atoms with E-state index in [-0.39, 0.29) is 6.54 Å². The van der Waals surface area contributed by atoms with Crippen molar-refractivity contribution < 1.29 is 23.1 Å². The second-order valence-electron chi connectivity index (χ2n) is 4.62. The van der Waals surface area contributed by atoms with Crippen LogP contribution in [0, 0.1) is 0 Å². The number of nitrogens with zero attached hydrogens (tertiary/aromatic N) is 1. The van der Waals surface area contributed by atoms with Gasteiger partial charge in [0, 0.05) is 6.54 Å². The van der Waals surface area contributed by atoms with E-state index in [0.29, 0.717) is 6.42 Å². The van der Waals surface area contributed by atoms with E-state index in [0.717, 1.165) is 11.2 Å². The molecule has 0 aliphatic heterocycles. The van der Waals surface area contributed by atoms with Crippen LogP contribution in [0.3, 0.4) is 0 Å². The SMILES string of the molecule is CCCN(CC(=O)O)C(=O)C(C)(C)NS(C)(=O)=O. The topological polar surface area (TPSA) is 104 Å². The lowest BCUT2D eigenvalue weighted by molar-refractivity contribution is -0.146. The highest BCUT2D eigenvalue weighted by Gasteiger charge is 2.34. The van der Waals surface area contributed by atoms with E-state index in [1.165, 1.54) is 13.8 Å². The monoisotopic (exact) mass is 280 g/mol. The number of hydrogen-bond donors (Lipinski definition) is 2. The zero-order valence-corrected chi connectivity index (χ0v) is 11.9. The van der Waals surface area contributed by atoms with Crippen molar-refractivity contribution in [3.63, 3.8) is 0 Å². The first-order chi connectivity index (χ1) is 7.99. The van der Waals surface area contributed by atoms with Crippen molar-refractivity contribution in [1.82, 2.24) is 9.62 Å². The number of carbonyl (C=O) groups excluding carboxylic acids is 1. The van der Waals surface area contributed by atoms with E-state index in [4.69, 9.17) is 5.11 Å². The van der Waals surface area contributed by atoms with Crippen molar-refractivity contribution in [3.8, 4) is 0 Å². The zero-order valence-electron chi connectivity index (χ0n) is 11.1. The van der Waals surface area contributed by atoms with Gasteiger partial charge in [-0.25, -0.2) is 13.1 Å². The fourth-order valence-corrected chi connectivity index (χ4v) is 2.60. The molecule has 0 bridgehead atoms. The first-order valence-corrected chi connectivity index (χ1v) is 7.39. The van der Waals surface area contributed by atoms with Crippen LogP contribution in [0.25, 0.3) is 0 Å². The summed E-state index contributed by atoms with van der Waals surface area (Å²) < 4.78 is 24.5. The average molecular weight is 280 g/mol. The highest BCUT2D eigenvalue weighted by atomic mass is 32.2. The van der Waals surface area contributed by atoms with Crippen molar-refractivity contribution >= 4 is 21.9 Å². The normalized spacial score (nSPS) is 12.2. The summed E-state index contributed by atoms with van der Waals surface area (Å²) in [6.45, 7) is 4.43. The third-order valence-corrected chi connectivity index (χ3v) is 2.96. The number of carboxylic acid groups (broad SMARTS) is 1. The smallest absolute Gasteiger partial charge is 0.323 e. The Labute approximate surface area is 107 Å². The molecule has 0 rings (SSSR count). The molecule has 0 aliphatic rings. The molecule has 0 aromatic carbocycles. The van der Waals surface area contributed by atoms with Gasteiger partial charge in [0.2, 0.25) is 15.9 Å². The largest absolute Gasteiger partial charge is 0.480 e. The Morgan fingerprint density at radius 3 is 2.17 bits per heavy atom. The number of rotatable bonds is 7. The first-order valence-electron chi connectivity index (χ1n) is 5.49. The van der Waals surface area contributed by atoms with Crippen LogP contribution in [0.2, 0.25) is 0 Å². The van der Waals surface area contributed by atoms with Crippen LogP contribution < -0.4 is 4.72 Å². The van der Waals surface area contributed by atoms with Crippen LogP contribution in [0.5, 0.6) is 0 Å². The van der Waals surface area contributed by atoms with Crippen molar-refractivity contribution in [2.45, 2.75) is 32.7 Å². The Bertz CT molecular complexity index is 416. The number of carbonyl (C=O) groups is 2. The molecule has 0 fully saturated rings. The molecule has 0 unspecified atom stereocenters. The zero-order chi connectivity index (χ0) is 14.6. The van der Waals surface area contributed by atoms with Gasteiger partial charge in [0.15, 0.2) is 0 Å². The van der Waals surface area contributed by atoms with Gasteiger partial charge in [0.25, 0.3) is 0 Å². The molecule has 0 radical (unpaired) electrons. The lowest BCUT2D eigenvalue weighted by atomic mass is 10.1. The van der Waals surface area contributed by atoms with E-state index in [2.05, 4.69) is 4.72 Å². The highest BCUT2D eigenvalue weighted by molar-refractivity contribution is 7.88. The van der Waals surface area contributed by atoms with Crippen LogP contribution in [-0.4, -0.2) is 55.2 Å². The third kappa shape index (κ3) is 5.97. The summed E-state index contributed by atoms with van der Waals surface area (Å²) in [5.74, 6) is -1.69. The van der Waals surface area contributed by atoms with E-state index in [9.17, 15) is 18.0 Å². The second-order valence-corrected chi connectivity index (χ2v) is 6.37. The lowest BCUT2D eigenvalue weighted by Crippen LogP contribution is -2.56. The van der Waals surface area contributed by atoms with Crippen molar-refractivity contribution in [2.75, 3.05) is 19.3 Å². The molecule has 0 aromatic rings. The maximum Gasteiger partial charge on any atom is 0.323 e. The molecule has 8 heteroatoms. The number of hydrogen-bond acceptors (Lipinski definition) is 4. The molecule has 7 nitrogen and oxygen atoms in total. The van der Waals surface area contributed by atoms with Crippen LogP contribution in [0.15, 0.2) is 0 Å². The highest BCUT2D eigenvalue weighted by Crippen LogP contribution is 2.10. The predicted molar refractivity (Wildman–Crippen MR) is 66.6 cm³/mol. The predicted octanol–water partition coefficient (Wildman–Crippen LogP) is -0.363. The van der Waals surface area contributed by atoms with Gasteiger partial charge in [-0.3, -0.25) is 9.59 Å². The van der Waals surface area contributed by atoms with Crippen LogP contribution in [0.4, 0.5) is 0 Å². The molecule has 106 valence electrons. The summed E-state index contributed by atoms with van der Waals surface area (Å²) in [4.78, 5) is 23.9. The fraction of sp³-hybridized carbons (Fsp3) is 0.800. The van der Waals surface area contributed by atoms with Gasteiger partial charge in [-0.15, -0.1) is 0 Å². The summed E-state index contributed by atoms with van der Waals surface area (Å²) in [6, 6.07) is 0. The third-order valence-electron chi connectivity index (χ3n) is 2.08. The van der Waals surface area contributed by atoms with Crippen LogP contribution in [-0.2, 0) is 19.6 Å². The van der Waals surface area contributed by atoms with Gasteiger partial charge in [0.05, 0.1) is 6.26 Å². The summed E-state index contributed by atoms with van der Waals surface area (Å²) in [6.07, 6.45) is 1.54. The van der Waals surface area contributed by atoms with Crippen LogP contribution in [0.1, 0.15) is 27.2 Å². The number of nitrogens with one attached hydrogen (secondary N) is 1. The molecule has 2 N–H and O–H groups in total. The van der Waals surface area contributed by atoms with Crippen LogP contribution >= 0.6 is 0 Å². The first kappa shape index (κ1) is 16.9. The van der Waals surface area contributed by atoms with E-state index in [1.54, 1.807) is 6.92 Å². The molecule has 0 saturated carbocycles. The Morgan fingerprint density at radius 1 is 1.33 bits per heavy atom. The molecule has 0 heterocycles. The number of sulfonamides is 1. The molecule has 0 aliphatic carbocycles. The molecule has 1 amide bonds. The quantitative estimate of drug-likeness (QED) is 0.662. The van der Waals surface area contributed by atoms with E-state index >= 15 is 0 Å².